The van der Waals surface area contributed by atoms with E-state index in [0.717, 1.165) is 12.8 Å². The lowest BCUT2D eigenvalue weighted by Gasteiger charge is -2.27. The van der Waals surface area contributed by atoms with E-state index in [1.54, 1.807) is 13.8 Å². The second kappa shape index (κ2) is 6.21. The van der Waals surface area contributed by atoms with Gasteiger partial charge in [0.1, 0.15) is 0 Å². The van der Waals surface area contributed by atoms with Crippen molar-refractivity contribution in [2.75, 3.05) is 0 Å². The molecule has 0 amide bonds. The number of aliphatic carboxylic acids is 2. The van der Waals surface area contributed by atoms with E-state index in [4.69, 9.17) is 10.2 Å². The molecule has 0 spiro atoms. The maximum atomic E-state index is 11.2. The second-order valence-corrected chi connectivity index (χ2v) is 6.69. The number of carbonyl (C=O) groups is 2. The minimum atomic E-state index is -0.798. The zero-order chi connectivity index (χ0) is 14.6. The first kappa shape index (κ1) is 16.9. The third kappa shape index (κ3) is 5.52. The fourth-order valence-electron chi connectivity index (χ4n) is 1.95. The highest BCUT2D eigenvalue weighted by molar-refractivity contribution is 5.73. The van der Waals surface area contributed by atoms with E-state index in [2.05, 4.69) is 0 Å². The first-order chi connectivity index (χ1) is 7.98. The number of carboxylic acids is 2. The molecule has 0 radical (unpaired) electrons. The van der Waals surface area contributed by atoms with Crippen LogP contribution < -0.4 is 0 Å². The fourth-order valence-corrected chi connectivity index (χ4v) is 1.95. The molecule has 0 aromatic heterocycles. The van der Waals surface area contributed by atoms with Crippen molar-refractivity contribution in [2.24, 2.45) is 16.7 Å². The number of rotatable bonds is 7. The average Bonchev–Trinajstić information content (AvgIpc) is 2.13. The van der Waals surface area contributed by atoms with Gasteiger partial charge < -0.3 is 10.2 Å². The van der Waals surface area contributed by atoms with Crippen molar-refractivity contribution >= 4 is 11.9 Å². The van der Waals surface area contributed by atoms with E-state index in [1.165, 1.54) is 0 Å². The van der Waals surface area contributed by atoms with Gasteiger partial charge in [-0.15, -0.1) is 0 Å². The van der Waals surface area contributed by atoms with E-state index >= 15 is 0 Å². The minimum absolute atomic E-state index is 0.256. The Kier molecular flexibility index (Phi) is 5.84. The molecular formula is C14H26O4. The number of carboxylic acid groups (broad SMARTS) is 2. The zero-order valence-electron chi connectivity index (χ0n) is 12.1. The van der Waals surface area contributed by atoms with Gasteiger partial charge in [0.2, 0.25) is 0 Å². The summed E-state index contributed by atoms with van der Waals surface area (Å²) in [6.45, 7) is 9.18. The molecular weight excluding hydrogens is 232 g/mol. The molecule has 0 bridgehead atoms. The molecule has 0 saturated carbocycles. The molecule has 0 aromatic carbocycles. The third-order valence-electron chi connectivity index (χ3n) is 3.47. The fraction of sp³-hybridized carbons (Fsp3) is 0.857. The highest BCUT2D eigenvalue weighted by atomic mass is 16.4. The Balaban J connectivity index is 4.18. The van der Waals surface area contributed by atoms with Gasteiger partial charge in [0.05, 0.1) is 11.3 Å². The summed E-state index contributed by atoms with van der Waals surface area (Å²) in [5.74, 6) is -1.93. The molecule has 0 saturated heterocycles. The maximum absolute atomic E-state index is 11.2. The van der Waals surface area contributed by atoms with Gasteiger partial charge in [-0.05, 0) is 32.1 Å². The zero-order valence-corrected chi connectivity index (χ0v) is 12.1. The van der Waals surface area contributed by atoms with Crippen molar-refractivity contribution in [1.29, 1.82) is 0 Å². The number of hydrogen-bond donors (Lipinski definition) is 2. The summed E-state index contributed by atoms with van der Waals surface area (Å²) >= 11 is 0. The molecule has 1 atom stereocenters. The first-order valence-corrected chi connectivity index (χ1v) is 6.44. The molecule has 0 aromatic rings. The van der Waals surface area contributed by atoms with Crippen LogP contribution in [0.4, 0.5) is 0 Å². The number of unbranched alkanes of at least 4 members (excludes halogenated alkanes) is 1. The third-order valence-corrected chi connectivity index (χ3v) is 3.47. The van der Waals surface area contributed by atoms with E-state index in [9.17, 15) is 9.59 Å². The molecule has 0 rings (SSSR count). The van der Waals surface area contributed by atoms with Gasteiger partial charge >= 0.3 is 11.9 Å². The predicted molar refractivity (Wildman–Crippen MR) is 70.5 cm³/mol. The quantitative estimate of drug-likeness (QED) is 0.686. The number of hydrogen-bond acceptors (Lipinski definition) is 2. The van der Waals surface area contributed by atoms with Crippen molar-refractivity contribution in [3.05, 3.63) is 0 Å². The maximum Gasteiger partial charge on any atom is 0.309 e. The van der Waals surface area contributed by atoms with Crippen LogP contribution >= 0.6 is 0 Å². The standard InChI is InChI=1S/C14H26O4/c1-13(2,3)10(11(15)16)8-6-7-9-14(4,5)12(17)18/h10H,6-9H2,1-5H3,(H,15,16)(H,17,18). The largest absolute Gasteiger partial charge is 0.481 e. The Bertz CT molecular complexity index is 299. The monoisotopic (exact) mass is 258 g/mol. The highest BCUT2D eigenvalue weighted by Gasteiger charge is 2.31. The Morgan fingerprint density at radius 3 is 1.83 bits per heavy atom. The lowest BCUT2D eigenvalue weighted by Crippen LogP contribution is -2.28. The van der Waals surface area contributed by atoms with Crippen LogP contribution in [0.25, 0.3) is 0 Å². The summed E-state index contributed by atoms with van der Waals surface area (Å²) in [5, 5.41) is 18.1. The van der Waals surface area contributed by atoms with Crippen LogP contribution in [0.1, 0.15) is 60.3 Å². The molecule has 4 heteroatoms. The molecule has 0 aliphatic heterocycles. The highest BCUT2D eigenvalue weighted by Crippen LogP contribution is 2.32. The smallest absolute Gasteiger partial charge is 0.309 e. The summed E-state index contributed by atoms with van der Waals surface area (Å²) < 4.78 is 0. The molecule has 18 heavy (non-hydrogen) atoms. The summed E-state index contributed by atoms with van der Waals surface area (Å²) in [6, 6.07) is 0. The molecule has 0 aliphatic carbocycles. The van der Waals surface area contributed by atoms with Gasteiger partial charge in [0.15, 0.2) is 0 Å². The lowest BCUT2D eigenvalue weighted by atomic mass is 9.77. The summed E-state index contributed by atoms with van der Waals surface area (Å²) in [6.07, 6.45) is 2.69. The van der Waals surface area contributed by atoms with Crippen LogP contribution in [-0.2, 0) is 9.59 Å². The summed E-state index contributed by atoms with van der Waals surface area (Å²) in [4.78, 5) is 22.1. The topological polar surface area (TPSA) is 74.6 Å². The molecule has 0 heterocycles. The minimum Gasteiger partial charge on any atom is -0.481 e. The van der Waals surface area contributed by atoms with Crippen LogP contribution in [0.5, 0.6) is 0 Å². The van der Waals surface area contributed by atoms with Crippen molar-refractivity contribution in [2.45, 2.75) is 60.3 Å². The SMILES string of the molecule is CC(C)(CCCCC(C(=O)O)C(C)(C)C)C(=O)O. The van der Waals surface area contributed by atoms with Crippen molar-refractivity contribution in [3.63, 3.8) is 0 Å². The van der Waals surface area contributed by atoms with Crippen LogP contribution in [0, 0.1) is 16.7 Å². The van der Waals surface area contributed by atoms with E-state index < -0.39 is 17.4 Å². The summed E-state index contributed by atoms with van der Waals surface area (Å²) in [5.41, 5.74) is -0.978. The van der Waals surface area contributed by atoms with Gasteiger partial charge in [-0.1, -0.05) is 33.6 Å². The Morgan fingerprint density at radius 1 is 1.00 bits per heavy atom. The molecule has 0 fully saturated rings. The van der Waals surface area contributed by atoms with E-state index in [-0.39, 0.29) is 11.3 Å². The molecule has 4 nitrogen and oxygen atoms in total. The van der Waals surface area contributed by atoms with Gasteiger partial charge in [0.25, 0.3) is 0 Å². The first-order valence-electron chi connectivity index (χ1n) is 6.44. The Hall–Kier alpha value is -1.06. The molecule has 106 valence electrons. The Morgan fingerprint density at radius 2 is 1.50 bits per heavy atom. The lowest BCUT2D eigenvalue weighted by molar-refractivity contribution is -0.148. The van der Waals surface area contributed by atoms with Gasteiger partial charge in [0, 0.05) is 0 Å². The average molecular weight is 258 g/mol. The second-order valence-electron chi connectivity index (χ2n) is 6.69. The van der Waals surface area contributed by atoms with Crippen molar-refractivity contribution in [1.82, 2.24) is 0 Å². The van der Waals surface area contributed by atoms with Crippen LogP contribution in [-0.4, -0.2) is 22.2 Å². The van der Waals surface area contributed by atoms with Gasteiger partial charge in [-0.25, -0.2) is 0 Å². The van der Waals surface area contributed by atoms with Crippen LogP contribution in [0.15, 0.2) is 0 Å². The molecule has 0 aliphatic rings. The van der Waals surface area contributed by atoms with Gasteiger partial charge in [-0.2, -0.15) is 0 Å². The van der Waals surface area contributed by atoms with Gasteiger partial charge in [-0.3, -0.25) is 9.59 Å². The van der Waals surface area contributed by atoms with Crippen molar-refractivity contribution < 1.29 is 19.8 Å². The normalized spacial score (nSPS) is 14.3. The van der Waals surface area contributed by atoms with Crippen LogP contribution in [0.2, 0.25) is 0 Å². The van der Waals surface area contributed by atoms with Crippen molar-refractivity contribution in [3.8, 4) is 0 Å². The van der Waals surface area contributed by atoms with Crippen LogP contribution in [0.3, 0.4) is 0 Å². The predicted octanol–water partition coefficient (Wildman–Crippen LogP) is 3.40. The molecule has 2 N–H and O–H groups in total. The molecule has 1 unspecified atom stereocenters. The van der Waals surface area contributed by atoms with E-state index in [0.29, 0.717) is 12.8 Å². The Labute approximate surface area is 109 Å². The van der Waals surface area contributed by atoms with E-state index in [1.807, 2.05) is 20.8 Å². The summed E-state index contributed by atoms with van der Waals surface area (Å²) in [7, 11) is 0.